The summed E-state index contributed by atoms with van der Waals surface area (Å²) in [5.74, 6) is 0.566. The van der Waals surface area contributed by atoms with E-state index in [1.165, 1.54) is 0 Å². The van der Waals surface area contributed by atoms with Crippen molar-refractivity contribution in [3.05, 3.63) is 23.8 Å². The van der Waals surface area contributed by atoms with Crippen LogP contribution in [-0.4, -0.2) is 25.3 Å². The molecular weight excluding hydrogens is 272 g/mol. The molecule has 5 heteroatoms. The Morgan fingerprint density at radius 2 is 1.95 bits per heavy atom. The molecule has 0 bridgehead atoms. The van der Waals surface area contributed by atoms with E-state index in [9.17, 15) is 8.42 Å². The average Bonchev–Trinajstić information content (AvgIpc) is 3.27. The molecule has 0 spiro atoms. The zero-order valence-corrected chi connectivity index (χ0v) is 12.7. The van der Waals surface area contributed by atoms with Gasteiger partial charge in [-0.3, -0.25) is 0 Å². The predicted molar refractivity (Wildman–Crippen MR) is 79.9 cm³/mol. The van der Waals surface area contributed by atoms with E-state index in [0.29, 0.717) is 29.5 Å². The van der Waals surface area contributed by atoms with Gasteiger partial charge >= 0.3 is 0 Å². The van der Waals surface area contributed by atoms with Gasteiger partial charge in [0.05, 0.1) is 4.90 Å². The van der Waals surface area contributed by atoms with Crippen LogP contribution in [0.2, 0.25) is 0 Å². The van der Waals surface area contributed by atoms with Crippen molar-refractivity contribution in [3.8, 4) is 0 Å². The summed E-state index contributed by atoms with van der Waals surface area (Å²) >= 11 is 0. The quantitative estimate of drug-likeness (QED) is 0.819. The molecule has 110 valence electrons. The molecule has 4 nitrogen and oxygen atoms in total. The first-order chi connectivity index (χ1) is 9.52. The van der Waals surface area contributed by atoms with Gasteiger partial charge < -0.3 is 5.73 Å². The molecule has 2 aliphatic carbocycles. The van der Waals surface area contributed by atoms with Crippen LogP contribution in [-0.2, 0) is 16.4 Å². The molecule has 2 aliphatic rings. The Balaban J connectivity index is 1.98. The van der Waals surface area contributed by atoms with E-state index in [1.54, 1.807) is 16.4 Å². The number of aryl methyl sites for hydroxylation is 1. The number of rotatable bonds is 6. The molecule has 0 aliphatic heterocycles. The summed E-state index contributed by atoms with van der Waals surface area (Å²) in [7, 11) is -3.40. The fourth-order valence-electron chi connectivity index (χ4n) is 2.59. The maximum Gasteiger partial charge on any atom is 0.243 e. The second-order valence-electron chi connectivity index (χ2n) is 5.97. The van der Waals surface area contributed by atoms with E-state index >= 15 is 0 Å². The second kappa shape index (κ2) is 5.04. The van der Waals surface area contributed by atoms with Gasteiger partial charge in [0.25, 0.3) is 0 Å². The normalized spacial score (nSPS) is 19.5. The summed E-state index contributed by atoms with van der Waals surface area (Å²) in [5.41, 5.74) is 7.18. The summed E-state index contributed by atoms with van der Waals surface area (Å²) in [6, 6.07) is 5.45. The lowest BCUT2D eigenvalue weighted by molar-refractivity contribution is 0.388. The topological polar surface area (TPSA) is 63.4 Å². The molecule has 3 rings (SSSR count). The molecule has 0 radical (unpaired) electrons. The number of nitrogen functional groups attached to an aromatic ring is 1. The van der Waals surface area contributed by atoms with Crippen LogP contribution in [0.25, 0.3) is 0 Å². The maximum atomic E-state index is 13.0. The van der Waals surface area contributed by atoms with Crippen molar-refractivity contribution in [2.24, 2.45) is 5.92 Å². The molecular formula is C15H22N2O2S. The number of hydrogen-bond donors (Lipinski definition) is 1. The minimum absolute atomic E-state index is 0.215. The highest BCUT2D eigenvalue weighted by atomic mass is 32.2. The van der Waals surface area contributed by atoms with Gasteiger partial charge in [-0.25, -0.2) is 8.42 Å². The third kappa shape index (κ3) is 2.69. The zero-order valence-electron chi connectivity index (χ0n) is 11.9. The Labute approximate surface area is 121 Å². The highest BCUT2D eigenvalue weighted by molar-refractivity contribution is 7.89. The van der Waals surface area contributed by atoms with Gasteiger partial charge in [-0.05, 0) is 55.7 Å². The van der Waals surface area contributed by atoms with Crippen LogP contribution in [0.1, 0.15) is 38.2 Å². The van der Waals surface area contributed by atoms with Crippen LogP contribution in [0, 0.1) is 5.92 Å². The van der Waals surface area contributed by atoms with Gasteiger partial charge in [0, 0.05) is 18.3 Å². The van der Waals surface area contributed by atoms with Crippen LogP contribution < -0.4 is 5.73 Å². The van der Waals surface area contributed by atoms with Gasteiger partial charge in [-0.15, -0.1) is 0 Å². The van der Waals surface area contributed by atoms with Crippen LogP contribution in [0.5, 0.6) is 0 Å². The van der Waals surface area contributed by atoms with Crippen molar-refractivity contribution in [2.75, 3.05) is 12.3 Å². The lowest BCUT2D eigenvalue weighted by atomic mass is 10.1. The van der Waals surface area contributed by atoms with Crippen molar-refractivity contribution in [1.29, 1.82) is 0 Å². The standard InChI is InChI=1S/C15H22N2O2S/c1-2-12-5-6-13(16)9-15(12)20(18,19)17(14-7-8-14)10-11-3-4-11/h5-6,9,11,14H,2-4,7-8,10,16H2,1H3. The SMILES string of the molecule is CCc1ccc(N)cc1S(=O)(=O)N(CC1CC1)C1CC1. The summed E-state index contributed by atoms with van der Waals surface area (Å²) in [6.45, 7) is 2.66. The first kappa shape index (κ1) is 13.9. The van der Waals surface area contributed by atoms with Gasteiger partial charge in [0.1, 0.15) is 0 Å². The van der Waals surface area contributed by atoms with Gasteiger partial charge in [-0.1, -0.05) is 13.0 Å². The third-order valence-corrected chi connectivity index (χ3v) is 6.15. The van der Waals surface area contributed by atoms with Crippen molar-refractivity contribution in [3.63, 3.8) is 0 Å². The van der Waals surface area contributed by atoms with E-state index in [1.807, 2.05) is 13.0 Å². The Morgan fingerprint density at radius 1 is 1.25 bits per heavy atom. The van der Waals surface area contributed by atoms with Gasteiger partial charge in [0.15, 0.2) is 0 Å². The van der Waals surface area contributed by atoms with Crippen LogP contribution in [0.4, 0.5) is 5.69 Å². The minimum Gasteiger partial charge on any atom is -0.399 e. The molecule has 0 heterocycles. The Kier molecular flexibility index (Phi) is 3.50. The highest BCUT2D eigenvalue weighted by Gasteiger charge is 2.41. The smallest absolute Gasteiger partial charge is 0.243 e. The summed E-state index contributed by atoms with van der Waals surface area (Å²) in [5, 5.41) is 0. The molecule has 2 fully saturated rings. The Hall–Kier alpha value is -1.07. The Morgan fingerprint density at radius 3 is 2.50 bits per heavy atom. The molecule has 0 unspecified atom stereocenters. The predicted octanol–water partition coefficient (Wildman–Crippen LogP) is 2.39. The van der Waals surface area contributed by atoms with Crippen molar-refractivity contribution in [1.82, 2.24) is 4.31 Å². The number of nitrogens with two attached hydrogens (primary N) is 1. The number of hydrogen-bond acceptors (Lipinski definition) is 3. The van der Waals surface area contributed by atoms with E-state index in [0.717, 1.165) is 31.2 Å². The fourth-order valence-corrected chi connectivity index (χ4v) is 4.68. The third-order valence-electron chi connectivity index (χ3n) is 4.15. The lowest BCUT2D eigenvalue weighted by Gasteiger charge is -2.23. The van der Waals surface area contributed by atoms with E-state index in [4.69, 9.17) is 5.73 Å². The monoisotopic (exact) mass is 294 g/mol. The summed E-state index contributed by atoms with van der Waals surface area (Å²) < 4.78 is 27.7. The molecule has 1 aromatic carbocycles. The minimum atomic E-state index is -3.40. The van der Waals surface area contributed by atoms with Crippen molar-refractivity contribution >= 4 is 15.7 Å². The molecule has 0 amide bonds. The van der Waals surface area contributed by atoms with Gasteiger partial charge in [-0.2, -0.15) is 4.31 Å². The van der Waals surface area contributed by atoms with E-state index in [-0.39, 0.29) is 6.04 Å². The first-order valence-corrected chi connectivity index (χ1v) is 8.86. The molecule has 2 saturated carbocycles. The molecule has 0 aromatic heterocycles. The fraction of sp³-hybridized carbons (Fsp3) is 0.600. The molecule has 2 N–H and O–H groups in total. The molecule has 1 aromatic rings. The number of benzene rings is 1. The number of anilines is 1. The van der Waals surface area contributed by atoms with Gasteiger partial charge in [0.2, 0.25) is 10.0 Å². The first-order valence-electron chi connectivity index (χ1n) is 7.42. The van der Waals surface area contributed by atoms with Crippen LogP contribution in [0.3, 0.4) is 0 Å². The Bertz CT molecular complexity index is 604. The zero-order chi connectivity index (χ0) is 14.3. The van der Waals surface area contributed by atoms with Crippen LogP contribution >= 0.6 is 0 Å². The van der Waals surface area contributed by atoms with Crippen molar-refractivity contribution in [2.45, 2.75) is 50.0 Å². The van der Waals surface area contributed by atoms with Crippen LogP contribution in [0.15, 0.2) is 23.1 Å². The van der Waals surface area contributed by atoms with E-state index < -0.39 is 10.0 Å². The van der Waals surface area contributed by atoms with E-state index in [2.05, 4.69) is 0 Å². The van der Waals surface area contributed by atoms with Crippen molar-refractivity contribution < 1.29 is 8.42 Å². The highest BCUT2D eigenvalue weighted by Crippen LogP contribution is 2.38. The summed E-state index contributed by atoms with van der Waals surface area (Å²) in [4.78, 5) is 0.410. The molecule has 0 saturated heterocycles. The molecule has 0 atom stereocenters. The average molecular weight is 294 g/mol. The second-order valence-corrected chi connectivity index (χ2v) is 7.83. The summed E-state index contributed by atoms with van der Waals surface area (Å²) in [6.07, 6.45) is 5.02. The number of sulfonamides is 1. The maximum absolute atomic E-state index is 13.0. The molecule has 20 heavy (non-hydrogen) atoms. The largest absolute Gasteiger partial charge is 0.399 e. The lowest BCUT2D eigenvalue weighted by Crippen LogP contribution is -2.35. The number of nitrogens with zero attached hydrogens (tertiary/aromatic N) is 1.